The molecule has 3 heterocycles. The predicted octanol–water partition coefficient (Wildman–Crippen LogP) is 0.782. The lowest BCUT2D eigenvalue weighted by molar-refractivity contribution is 0.0462. The van der Waals surface area contributed by atoms with Crippen LogP contribution in [0.3, 0.4) is 0 Å². The van der Waals surface area contributed by atoms with Gasteiger partial charge in [-0.2, -0.15) is 15.0 Å². The molecule has 0 aliphatic carbocycles. The van der Waals surface area contributed by atoms with Gasteiger partial charge in [-0.15, -0.1) is 0 Å². The van der Waals surface area contributed by atoms with Crippen molar-refractivity contribution in [1.82, 2.24) is 19.9 Å². The van der Waals surface area contributed by atoms with E-state index < -0.39 is 17.8 Å². The summed E-state index contributed by atoms with van der Waals surface area (Å²) in [6.45, 7) is -0.286. The molecule has 2 aromatic heterocycles. The highest BCUT2D eigenvalue weighted by atomic mass is 16.5. The molecule has 0 spiro atoms. The van der Waals surface area contributed by atoms with Crippen molar-refractivity contribution in [2.45, 2.75) is 13.2 Å². The maximum absolute atomic E-state index is 12.6. The van der Waals surface area contributed by atoms with Gasteiger partial charge in [0.1, 0.15) is 5.76 Å². The van der Waals surface area contributed by atoms with Crippen LogP contribution in [0.2, 0.25) is 0 Å². The third-order valence-electron chi connectivity index (χ3n) is 4.15. The Balaban J connectivity index is 1.50. The highest BCUT2D eigenvalue weighted by molar-refractivity contribution is 6.21. The van der Waals surface area contributed by atoms with E-state index in [4.69, 9.17) is 20.6 Å². The lowest BCUT2D eigenvalue weighted by Crippen LogP contribution is -2.28. The molecule has 0 atom stereocenters. The van der Waals surface area contributed by atoms with Crippen LogP contribution in [0.4, 0.5) is 11.9 Å². The summed E-state index contributed by atoms with van der Waals surface area (Å²) in [6.07, 6.45) is 1.45. The zero-order valence-corrected chi connectivity index (χ0v) is 14.9. The molecule has 0 fully saturated rings. The topological polar surface area (TPSA) is 168 Å². The first-order valence-corrected chi connectivity index (χ1v) is 8.38. The Morgan fingerprint density at radius 2 is 1.76 bits per heavy atom. The second-order valence-electron chi connectivity index (χ2n) is 6.08. The van der Waals surface area contributed by atoms with E-state index in [1.165, 1.54) is 24.5 Å². The first kappa shape index (κ1) is 18.1. The number of esters is 1. The number of hydrogen-bond donors (Lipinski definition) is 2. The quantitative estimate of drug-likeness (QED) is 0.466. The van der Waals surface area contributed by atoms with E-state index in [2.05, 4.69) is 15.0 Å². The number of hydrogen-bond acceptors (Lipinski definition) is 10. The molecule has 4 N–H and O–H groups in total. The smallest absolute Gasteiger partial charge is 0.338 e. The van der Waals surface area contributed by atoms with Crippen LogP contribution in [0.5, 0.6) is 0 Å². The minimum absolute atomic E-state index is 0.00134. The molecule has 1 aromatic carbocycles. The number of carbonyl (C=O) groups is 3. The van der Waals surface area contributed by atoms with Crippen LogP contribution in [0.15, 0.2) is 41.0 Å². The fourth-order valence-electron chi connectivity index (χ4n) is 2.85. The van der Waals surface area contributed by atoms with Gasteiger partial charge in [0, 0.05) is 0 Å². The van der Waals surface area contributed by atoms with Crippen molar-refractivity contribution in [1.29, 1.82) is 0 Å². The molecule has 4 rings (SSSR count). The largest absolute Gasteiger partial charge is 0.467 e. The first-order valence-electron chi connectivity index (χ1n) is 8.38. The van der Waals surface area contributed by atoms with Crippen LogP contribution >= 0.6 is 0 Å². The van der Waals surface area contributed by atoms with E-state index >= 15 is 0 Å². The number of benzene rings is 1. The van der Waals surface area contributed by atoms with Crippen LogP contribution in [0.1, 0.15) is 42.7 Å². The maximum Gasteiger partial charge on any atom is 0.338 e. The standard InChI is InChI=1S/C18H14N6O5/c19-17-21-13(22-18(20)23-17)8-29-16(27)9-3-4-11-12(6-9)15(26)24(14(11)25)7-10-2-1-5-28-10/h1-6H,7-8H2,(H4,19,20,21,22,23). The van der Waals surface area contributed by atoms with Gasteiger partial charge in [-0.25, -0.2) is 4.79 Å². The molecular formula is C18H14N6O5. The molecule has 0 unspecified atom stereocenters. The minimum Gasteiger partial charge on any atom is -0.467 e. The van der Waals surface area contributed by atoms with Gasteiger partial charge in [-0.1, -0.05) is 0 Å². The van der Waals surface area contributed by atoms with Crippen LogP contribution in [0, 0.1) is 0 Å². The van der Waals surface area contributed by atoms with Gasteiger partial charge in [0.25, 0.3) is 11.8 Å². The van der Waals surface area contributed by atoms with Crippen molar-refractivity contribution in [3.63, 3.8) is 0 Å². The average Bonchev–Trinajstić information content (AvgIpc) is 3.28. The van der Waals surface area contributed by atoms with Crippen LogP contribution < -0.4 is 11.5 Å². The number of nitrogens with zero attached hydrogens (tertiary/aromatic N) is 4. The molecule has 11 heteroatoms. The number of nitrogens with two attached hydrogens (primary N) is 2. The summed E-state index contributed by atoms with van der Waals surface area (Å²) in [5, 5.41) is 0. The summed E-state index contributed by atoms with van der Waals surface area (Å²) in [7, 11) is 0. The van der Waals surface area contributed by atoms with Crippen molar-refractivity contribution in [2.75, 3.05) is 11.5 Å². The number of rotatable bonds is 5. The van der Waals surface area contributed by atoms with Gasteiger partial charge in [-0.05, 0) is 30.3 Å². The Kier molecular flexibility index (Phi) is 4.39. The Morgan fingerprint density at radius 1 is 1.03 bits per heavy atom. The van der Waals surface area contributed by atoms with Gasteiger partial charge in [0.2, 0.25) is 11.9 Å². The van der Waals surface area contributed by atoms with Crippen molar-refractivity contribution >= 4 is 29.7 Å². The van der Waals surface area contributed by atoms with Crippen LogP contribution in [0.25, 0.3) is 0 Å². The monoisotopic (exact) mass is 394 g/mol. The van der Waals surface area contributed by atoms with Crippen molar-refractivity contribution in [3.05, 3.63) is 64.9 Å². The second kappa shape index (κ2) is 7.03. The summed E-state index contributed by atoms with van der Waals surface area (Å²) < 4.78 is 10.3. The molecule has 11 nitrogen and oxygen atoms in total. The minimum atomic E-state index is -0.727. The third kappa shape index (κ3) is 3.48. The van der Waals surface area contributed by atoms with Crippen molar-refractivity contribution < 1.29 is 23.5 Å². The Hall–Kier alpha value is -4.28. The Morgan fingerprint density at radius 3 is 2.45 bits per heavy atom. The fraction of sp³-hybridized carbons (Fsp3) is 0.111. The molecule has 1 aliphatic rings. The van der Waals surface area contributed by atoms with Gasteiger partial charge in [0.15, 0.2) is 12.4 Å². The lowest BCUT2D eigenvalue weighted by atomic mass is 10.1. The zero-order valence-electron chi connectivity index (χ0n) is 14.9. The normalized spacial score (nSPS) is 12.9. The molecule has 0 bridgehead atoms. The summed E-state index contributed by atoms with van der Waals surface area (Å²) in [5.74, 6) is -1.35. The van der Waals surface area contributed by atoms with Gasteiger partial charge in [-0.3, -0.25) is 14.5 Å². The fourth-order valence-corrected chi connectivity index (χ4v) is 2.85. The highest BCUT2D eigenvalue weighted by Gasteiger charge is 2.36. The number of fused-ring (bicyclic) bond motifs is 1. The number of ether oxygens (including phenoxy) is 1. The first-order chi connectivity index (χ1) is 13.9. The number of amides is 2. The number of nitrogen functional groups attached to an aromatic ring is 2. The highest BCUT2D eigenvalue weighted by Crippen LogP contribution is 2.26. The second-order valence-corrected chi connectivity index (χ2v) is 6.08. The van der Waals surface area contributed by atoms with E-state index in [1.807, 2.05) is 0 Å². The number of anilines is 2. The van der Waals surface area contributed by atoms with E-state index in [0.29, 0.717) is 5.76 Å². The van der Waals surface area contributed by atoms with E-state index in [9.17, 15) is 14.4 Å². The zero-order chi connectivity index (χ0) is 20.5. The molecule has 0 saturated carbocycles. The predicted molar refractivity (Wildman–Crippen MR) is 97.1 cm³/mol. The number of aromatic nitrogens is 3. The van der Waals surface area contributed by atoms with Crippen molar-refractivity contribution in [2.24, 2.45) is 0 Å². The molecule has 3 aromatic rings. The summed E-state index contributed by atoms with van der Waals surface area (Å²) in [5.41, 5.74) is 11.3. The number of furan rings is 1. The molecule has 0 radical (unpaired) electrons. The Labute approximate surface area is 163 Å². The van der Waals surface area contributed by atoms with Crippen LogP contribution in [-0.4, -0.2) is 37.6 Å². The summed E-state index contributed by atoms with van der Waals surface area (Å²) in [4.78, 5) is 49.7. The van der Waals surface area contributed by atoms with E-state index in [-0.39, 0.29) is 47.6 Å². The van der Waals surface area contributed by atoms with Gasteiger partial charge < -0.3 is 20.6 Å². The summed E-state index contributed by atoms with van der Waals surface area (Å²) in [6, 6.07) is 7.45. The lowest BCUT2D eigenvalue weighted by Gasteiger charge is -2.11. The molecule has 146 valence electrons. The van der Waals surface area contributed by atoms with E-state index in [0.717, 1.165) is 4.90 Å². The molecule has 0 saturated heterocycles. The van der Waals surface area contributed by atoms with Crippen LogP contribution in [-0.2, 0) is 17.9 Å². The molecule has 1 aliphatic heterocycles. The maximum atomic E-state index is 12.6. The number of imide groups is 1. The SMILES string of the molecule is Nc1nc(N)nc(COC(=O)c2ccc3c(c2)C(=O)N(Cc2ccco2)C3=O)n1. The molecule has 29 heavy (non-hydrogen) atoms. The van der Waals surface area contributed by atoms with Gasteiger partial charge >= 0.3 is 5.97 Å². The third-order valence-corrected chi connectivity index (χ3v) is 4.15. The average molecular weight is 394 g/mol. The van der Waals surface area contributed by atoms with E-state index in [1.54, 1.807) is 12.1 Å². The number of carbonyl (C=O) groups excluding carboxylic acids is 3. The summed E-state index contributed by atoms with van der Waals surface area (Å²) >= 11 is 0. The molecular weight excluding hydrogens is 380 g/mol. The molecule has 2 amide bonds. The van der Waals surface area contributed by atoms with Crippen molar-refractivity contribution in [3.8, 4) is 0 Å². The Bertz CT molecular complexity index is 1110. The van der Waals surface area contributed by atoms with Gasteiger partial charge in [0.05, 0.1) is 29.5 Å².